The summed E-state index contributed by atoms with van der Waals surface area (Å²) in [6.45, 7) is 1.49. The largest absolute Gasteiger partial charge is 0.497 e. The maximum Gasteiger partial charge on any atom is 0.232 e. The summed E-state index contributed by atoms with van der Waals surface area (Å²) in [5, 5.41) is 13.9. The number of hydrogen-bond donors (Lipinski definition) is 2. The van der Waals surface area contributed by atoms with Crippen molar-refractivity contribution < 1.29 is 14.6 Å². The number of fused-ring (bicyclic) bond motifs is 1. The molecule has 0 spiro atoms. The van der Waals surface area contributed by atoms with Gasteiger partial charge in [-0.05, 0) is 42.9 Å². The fraction of sp³-hybridized carbons (Fsp3) is 0.476. The molecule has 0 unspecified atom stereocenters. The molecule has 2 heterocycles. The molecule has 0 radical (unpaired) electrons. The molecule has 2 N–H and O–H groups in total. The molecule has 2 fully saturated rings. The number of aliphatic hydroxyl groups is 1. The fourth-order valence-corrected chi connectivity index (χ4v) is 5.13. The summed E-state index contributed by atoms with van der Waals surface area (Å²) < 4.78 is 5.24. The van der Waals surface area contributed by atoms with Crippen molar-refractivity contribution in [1.82, 2.24) is 14.9 Å². The molecule has 1 aromatic carbocycles. The Labute approximate surface area is 174 Å². The lowest BCUT2D eigenvalue weighted by molar-refractivity contribution is -0.127. The van der Waals surface area contributed by atoms with Gasteiger partial charge in [0.2, 0.25) is 5.91 Å². The average Bonchev–Trinajstić information content (AvgIpc) is 3.16. The van der Waals surface area contributed by atoms with Crippen LogP contribution in [0.2, 0.25) is 0 Å². The first-order valence-electron chi connectivity index (χ1n) is 9.87. The van der Waals surface area contributed by atoms with E-state index in [1.165, 1.54) is 11.8 Å². The molecule has 1 amide bonds. The Kier molecular flexibility index (Phi) is 6.20. The molecule has 7 nitrogen and oxygen atoms in total. The number of aliphatic hydroxyl groups excluding tert-OH is 1. The average molecular weight is 415 g/mol. The lowest BCUT2D eigenvalue weighted by atomic mass is 9.77. The second-order valence-electron chi connectivity index (χ2n) is 7.67. The minimum absolute atomic E-state index is 0.0610. The number of anilines is 1. The van der Waals surface area contributed by atoms with Gasteiger partial charge in [0.25, 0.3) is 0 Å². The Balaban J connectivity index is 1.31. The molecule has 1 aromatic heterocycles. The molecule has 1 aliphatic heterocycles. The number of amides is 1. The number of nitrogens with one attached hydrogen (secondary N) is 1. The van der Waals surface area contributed by atoms with Gasteiger partial charge in [-0.25, -0.2) is 4.98 Å². The number of rotatable bonds is 6. The maximum absolute atomic E-state index is 12.7. The van der Waals surface area contributed by atoms with Crippen LogP contribution in [0, 0.1) is 11.8 Å². The summed E-state index contributed by atoms with van der Waals surface area (Å²) >= 11 is 1.53. The van der Waals surface area contributed by atoms with Crippen LogP contribution in [0.4, 0.5) is 5.82 Å². The molecular weight excluding hydrogens is 388 g/mol. The van der Waals surface area contributed by atoms with Gasteiger partial charge in [-0.15, -0.1) is 11.8 Å². The van der Waals surface area contributed by atoms with Crippen molar-refractivity contribution in [2.75, 3.05) is 31.3 Å². The Morgan fingerprint density at radius 3 is 2.90 bits per heavy atom. The molecule has 2 aliphatic rings. The fourth-order valence-electron chi connectivity index (χ4n) is 4.28. The normalized spacial score (nSPS) is 26.1. The van der Waals surface area contributed by atoms with Gasteiger partial charge in [0.05, 0.1) is 31.2 Å². The lowest BCUT2D eigenvalue weighted by Crippen LogP contribution is -2.43. The van der Waals surface area contributed by atoms with E-state index in [-0.39, 0.29) is 11.9 Å². The van der Waals surface area contributed by atoms with Crippen LogP contribution in [0.3, 0.4) is 0 Å². The highest BCUT2D eigenvalue weighted by atomic mass is 32.2. The Morgan fingerprint density at radius 1 is 1.31 bits per heavy atom. The lowest BCUT2D eigenvalue weighted by Gasteiger charge is -2.35. The molecule has 29 heavy (non-hydrogen) atoms. The first-order chi connectivity index (χ1) is 14.1. The predicted octanol–water partition coefficient (Wildman–Crippen LogP) is 2.29. The molecule has 1 saturated carbocycles. The van der Waals surface area contributed by atoms with Gasteiger partial charge >= 0.3 is 0 Å². The van der Waals surface area contributed by atoms with Crippen molar-refractivity contribution >= 4 is 23.5 Å². The van der Waals surface area contributed by atoms with Crippen LogP contribution in [-0.2, 0) is 4.79 Å². The highest BCUT2D eigenvalue weighted by molar-refractivity contribution is 8.00. The minimum atomic E-state index is -0.445. The SMILES string of the molecule is COc1cccc(SCC(=O)N2C[C@H]3C[C@@H](Nc4cnccn4)[C@H](O)C[C@H]3C2)c1. The molecule has 8 heteroatoms. The van der Waals surface area contributed by atoms with Crippen molar-refractivity contribution in [2.45, 2.75) is 29.9 Å². The van der Waals surface area contributed by atoms with E-state index in [9.17, 15) is 9.90 Å². The van der Waals surface area contributed by atoms with Crippen LogP contribution in [0.1, 0.15) is 12.8 Å². The highest BCUT2D eigenvalue weighted by Crippen LogP contribution is 2.37. The van der Waals surface area contributed by atoms with Crippen LogP contribution in [-0.4, -0.2) is 64.0 Å². The van der Waals surface area contributed by atoms with Gasteiger partial charge in [-0.2, -0.15) is 0 Å². The number of aromatic nitrogens is 2. The second kappa shape index (κ2) is 9.00. The zero-order chi connectivity index (χ0) is 20.2. The van der Waals surface area contributed by atoms with Crippen LogP contribution in [0.5, 0.6) is 5.75 Å². The molecule has 1 aliphatic carbocycles. The summed E-state index contributed by atoms with van der Waals surface area (Å²) in [6, 6.07) is 7.70. The van der Waals surface area contributed by atoms with E-state index in [1.54, 1.807) is 25.7 Å². The topological polar surface area (TPSA) is 87.6 Å². The zero-order valence-electron chi connectivity index (χ0n) is 16.4. The number of methoxy groups -OCH3 is 1. The summed E-state index contributed by atoms with van der Waals surface area (Å²) in [6.07, 6.45) is 6.02. The van der Waals surface area contributed by atoms with Crippen LogP contribution in [0.25, 0.3) is 0 Å². The molecule has 4 atom stereocenters. The Bertz CT molecular complexity index is 838. The minimum Gasteiger partial charge on any atom is -0.497 e. The molecule has 1 saturated heterocycles. The summed E-state index contributed by atoms with van der Waals surface area (Å²) in [4.78, 5) is 24.0. The maximum atomic E-state index is 12.7. The third-order valence-electron chi connectivity index (χ3n) is 5.79. The van der Waals surface area contributed by atoms with Gasteiger partial charge in [-0.3, -0.25) is 9.78 Å². The number of carbonyl (C=O) groups excluding carboxylic acids is 1. The van der Waals surface area contributed by atoms with E-state index in [0.717, 1.165) is 30.2 Å². The number of benzene rings is 1. The van der Waals surface area contributed by atoms with E-state index >= 15 is 0 Å². The predicted molar refractivity (Wildman–Crippen MR) is 112 cm³/mol. The number of likely N-dealkylation sites (tertiary alicyclic amines) is 1. The molecule has 154 valence electrons. The summed E-state index contributed by atoms with van der Waals surface area (Å²) in [5.74, 6) is 2.80. The molecular formula is C21H26N4O3S. The smallest absolute Gasteiger partial charge is 0.232 e. The van der Waals surface area contributed by atoms with Crippen molar-refractivity contribution in [2.24, 2.45) is 11.8 Å². The number of nitrogens with zero attached hydrogens (tertiary/aromatic N) is 3. The van der Waals surface area contributed by atoms with Gasteiger partial charge in [0.1, 0.15) is 11.6 Å². The first-order valence-corrected chi connectivity index (χ1v) is 10.9. The van der Waals surface area contributed by atoms with Crippen LogP contribution in [0.15, 0.2) is 47.8 Å². The monoisotopic (exact) mass is 414 g/mol. The van der Waals surface area contributed by atoms with Gasteiger partial charge in [0, 0.05) is 30.4 Å². The first kappa shape index (κ1) is 20.0. The van der Waals surface area contributed by atoms with E-state index in [4.69, 9.17) is 4.74 Å². The summed E-state index contributed by atoms with van der Waals surface area (Å²) in [7, 11) is 1.64. The van der Waals surface area contributed by atoms with E-state index in [0.29, 0.717) is 29.8 Å². The molecule has 4 rings (SSSR count). The Hall–Kier alpha value is -2.32. The van der Waals surface area contributed by atoms with Gasteiger partial charge < -0.3 is 20.1 Å². The van der Waals surface area contributed by atoms with Crippen molar-refractivity contribution in [3.63, 3.8) is 0 Å². The van der Waals surface area contributed by atoms with Crippen LogP contribution < -0.4 is 10.1 Å². The van der Waals surface area contributed by atoms with Crippen molar-refractivity contribution in [3.8, 4) is 5.75 Å². The van der Waals surface area contributed by atoms with Crippen LogP contribution >= 0.6 is 11.8 Å². The van der Waals surface area contributed by atoms with E-state index < -0.39 is 6.10 Å². The number of thioether (sulfide) groups is 1. The van der Waals surface area contributed by atoms with E-state index in [2.05, 4.69) is 15.3 Å². The quantitative estimate of drug-likeness (QED) is 0.701. The zero-order valence-corrected chi connectivity index (χ0v) is 17.2. The van der Waals surface area contributed by atoms with Crippen molar-refractivity contribution in [1.29, 1.82) is 0 Å². The van der Waals surface area contributed by atoms with Gasteiger partial charge in [0.15, 0.2) is 0 Å². The Morgan fingerprint density at radius 2 is 2.14 bits per heavy atom. The number of hydrogen-bond acceptors (Lipinski definition) is 7. The van der Waals surface area contributed by atoms with Gasteiger partial charge in [-0.1, -0.05) is 6.07 Å². The summed E-state index contributed by atoms with van der Waals surface area (Å²) in [5.41, 5.74) is 0. The molecule has 0 bridgehead atoms. The third-order valence-corrected chi connectivity index (χ3v) is 6.77. The standard InChI is InChI=1S/C21H26N4O3S/c1-28-16-3-2-4-17(9-16)29-13-21(27)25-11-14-7-18(19(26)8-15(14)12-25)24-20-10-22-5-6-23-20/h2-6,9-10,14-15,18-19,26H,7-8,11-13H2,1H3,(H,23,24)/t14-,15+,18-,19-/m1/s1. The van der Waals surface area contributed by atoms with E-state index in [1.807, 2.05) is 29.2 Å². The van der Waals surface area contributed by atoms with Crippen molar-refractivity contribution in [3.05, 3.63) is 42.9 Å². The molecule has 2 aromatic rings. The number of ether oxygens (including phenoxy) is 1. The highest BCUT2D eigenvalue weighted by Gasteiger charge is 2.43. The number of carbonyl (C=O) groups is 1. The third kappa shape index (κ3) is 4.82. The second-order valence-corrected chi connectivity index (χ2v) is 8.72.